The van der Waals surface area contributed by atoms with Crippen LogP contribution >= 0.6 is 0 Å². The molecule has 1 fully saturated rings. The number of amides is 2. The quantitative estimate of drug-likeness (QED) is 0.708. The van der Waals surface area contributed by atoms with E-state index in [9.17, 15) is 4.79 Å². The fraction of sp³-hybridized carbons (Fsp3) is 0.727. The lowest BCUT2D eigenvalue weighted by Gasteiger charge is -2.32. The van der Waals surface area contributed by atoms with Crippen molar-refractivity contribution in [3.05, 3.63) is 12.7 Å². The average molecular weight is 212 g/mol. The first kappa shape index (κ1) is 12.0. The summed E-state index contributed by atoms with van der Waals surface area (Å²) >= 11 is 0. The maximum Gasteiger partial charge on any atom is 0.320 e. The lowest BCUT2D eigenvalue weighted by atomic mass is 10.1. The van der Waals surface area contributed by atoms with Gasteiger partial charge in [-0.05, 0) is 19.3 Å². The number of carbonyl (C=O) groups excluding carboxylic acids is 1. The molecule has 1 rings (SSSR count). The predicted molar refractivity (Wildman–Crippen MR) is 59.7 cm³/mol. The van der Waals surface area contributed by atoms with E-state index in [0.717, 1.165) is 25.9 Å². The molecule has 0 aromatic heterocycles. The van der Waals surface area contributed by atoms with Crippen molar-refractivity contribution in [2.75, 3.05) is 32.8 Å². The molecule has 0 aromatic rings. The summed E-state index contributed by atoms with van der Waals surface area (Å²) < 4.78 is 0. The number of aliphatic hydroxyl groups is 1. The second-order valence-electron chi connectivity index (χ2n) is 3.79. The zero-order valence-corrected chi connectivity index (χ0v) is 9.19. The van der Waals surface area contributed by atoms with Gasteiger partial charge in [0.25, 0.3) is 0 Å². The molecule has 1 saturated heterocycles. The number of hydrogen-bond donors (Lipinski definition) is 1. The minimum absolute atomic E-state index is 0.00736. The summed E-state index contributed by atoms with van der Waals surface area (Å²) in [6, 6.07) is 0.0312. The van der Waals surface area contributed by atoms with Crippen LogP contribution in [0.4, 0.5) is 4.79 Å². The molecule has 0 aliphatic carbocycles. The van der Waals surface area contributed by atoms with Gasteiger partial charge in [-0.2, -0.15) is 0 Å². The molecule has 2 amide bonds. The summed E-state index contributed by atoms with van der Waals surface area (Å²) in [6.07, 6.45) is 5.09. The predicted octanol–water partition coefficient (Wildman–Crippen LogP) is 1.07. The fourth-order valence-electron chi connectivity index (χ4n) is 1.83. The number of aliphatic hydroxyl groups excluding tert-OH is 1. The normalized spacial score (nSPS) is 16.2. The van der Waals surface area contributed by atoms with Gasteiger partial charge in [0.05, 0.1) is 6.61 Å². The molecule has 4 nitrogen and oxygen atoms in total. The highest BCUT2D eigenvalue weighted by atomic mass is 16.3. The molecule has 1 N–H and O–H groups in total. The van der Waals surface area contributed by atoms with E-state index >= 15 is 0 Å². The molecule has 0 aromatic carbocycles. The van der Waals surface area contributed by atoms with Crippen molar-refractivity contribution in [3.63, 3.8) is 0 Å². The molecular weight excluding hydrogens is 192 g/mol. The van der Waals surface area contributed by atoms with Crippen LogP contribution in [0.5, 0.6) is 0 Å². The maximum absolute atomic E-state index is 12.0. The average Bonchev–Trinajstić information content (AvgIpc) is 2.29. The lowest BCUT2D eigenvalue weighted by Crippen LogP contribution is -2.46. The highest BCUT2D eigenvalue weighted by Crippen LogP contribution is 2.11. The fourth-order valence-corrected chi connectivity index (χ4v) is 1.83. The number of likely N-dealkylation sites (tertiary alicyclic amines) is 1. The third-order valence-corrected chi connectivity index (χ3v) is 2.62. The summed E-state index contributed by atoms with van der Waals surface area (Å²) in [7, 11) is 0. The van der Waals surface area contributed by atoms with Crippen LogP contribution in [0.3, 0.4) is 0 Å². The number of nitrogens with zero attached hydrogens (tertiary/aromatic N) is 2. The van der Waals surface area contributed by atoms with E-state index in [4.69, 9.17) is 5.11 Å². The Kier molecular flexibility index (Phi) is 5.18. The van der Waals surface area contributed by atoms with Crippen LogP contribution in [0, 0.1) is 0 Å². The molecule has 1 aliphatic heterocycles. The van der Waals surface area contributed by atoms with Crippen molar-refractivity contribution < 1.29 is 9.90 Å². The van der Waals surface area contributed by atoms with Gasteiger partial charge >= 0.3 is 6.03 Å². The second-order valence-corrected chi connectivity index (χ2v) is 3.79. The molecular formula is C11H20N2O2. The third-order valence-electron chi connectivity index (χ3n) is 2.62. The van der Waals surface area contributed by atoms with Crippen molar-refractivity contribution in [2.24, 2.45) is 0 Å². The Labute approximate surface area is 91.2 Å². The van der Waals surface area contributed by atoms with Crippen LogP contribution in [0.1, 0.15) is 19.3 Å². The van der Waals surface area contributed by atoms with Crippen LogP contribution in [0.2, 0.25) is 0 Å². The number of rotatable bonds is 4. The SMILES string of the molecule is C=CCN(CCO)C(=O)N1CCCCC1. The van der Waals surface area contributed by atoms with Gasteiger partial charge in [-0.3, -0.25) is 0 Å². The molecule has 86 valence electrons. The van der Waals surface area contributed by atoms with Crippen LogP contribution in [0.15, 0.2) is 12.7 Å². The Hall–Kier alpha value is -1.03. The Morgan fingerprint density at radius 3 is 2.60 bits per heavy atom. The Balaban J connectivity index is 2.48. The molecule has 15 heavy (non-hydrogen) atoms. The van der Waals surface area contributed by atoms with Crippen LogP contribution in [-0.4, -0.2) is 53.7 Å². The van der Waals surface area contributed by atoms with E-state index in [1.54, 1.807) is 11.0 Å². The van der Waals surface area contributed by atoms with Gasteiger partial charge in [0.2, 0.25) is 0 Å². The molecule has 0 atom stereocenters. The standard InChI is InChI=1S/C11H20N2O2/c1-2-6-12(9-10-14)11(15)13-7-4-3-5-8-13/h2,14H,1,3-10H2. The minimum Gasteiger partial charge on any atom is -0.395 e. The monoisotopic (exact) mass is 212 g/mol. The summed E-state index contributed by atoms with van der Waals surface area (Å²) in [5.41, 5.74) is 0. The van der Waals surface area contributed by atoms with Gasteiger partial charge in [0.1, 0.15) is 0 Å². The van der Waals surface area contributed by atoms with E-state index < -0.39 is 0 Å². The van der Waals surface area contributed by atoms with Crippen LogP contribution < -0.4 is 0 Å². The Morgan fingerprint density at radius 2 is 2.07 bits per heavy atom. The molecule has 0 spiro atoms. The van der Waals surface area contributed by atoms with Crippen molar-refractivity contribution >= 4 is 6.03 Å². The smallest absolute Gasteiger partial charge is 0.320 e. The summed E-state index contributed by atoms with van der Waals surface area (Å²) in [6.45, 7) is 6.21. The van der Waals surface area contributed by atoms with E-state index in [2.05, 4.69) is 6.58 Å². The lowest BCUT2D eigenvalue weighted by molar-refractivity contribution is 0.137. The molecule has 0 bridgehead atoms. The highest BCUT2D eigenvalue weighted by Gasteiger charge is 2.20. The third kappa shape index (κ3) is 3.55. The molecule has 1 heterocycles. The van der Waals surface area contributed by atoms with Gasteiger partial charge in [0.15, 0.2) is 0 Å². The molecule has 0 unspecified atom stereocenters. The van der Waals surface area contributed by atoms with E-state index in [1.807, 2.05) is 4.90 Å². The van der Waals surface area contributed by atoms with Crippen molar-refractivity contribution in [2.45, 2.75) is 19.3 Å². The first-order chi connectivity index (χ1) is 7.29. The van der Waals surface area contributed by atoms with E-state index in [1.165, 1.54) is 6.42 Å². The van der Waals surface area contributed by atoms with Crippen molar-refractivity contribution in [1.29, 1.82) is 0 Å². The molecule has 0 saturated carbocycles. The van der Waals surface area contributed by atoms with Gasteiger partial charge in [-0.25, -0.2) is 4.79 Å². The topological polar surface area (TPSA) is 43.8 Å². The van der Waals surface area contributed by atoms with E-state index in [-0.39, 0.29) is 12.6 Å². The first-order valence-corrected chi connectivity index (χ1v) is 5.55. The zero-order chi connectivity index (χ0) is 11.1. The highest BCUT2D eigenvalue weighted by molar-refractivity contribution is 5.74. The van der Waals surface area contributed by atoms with E-state index in [0.29, 0.717) is 13.1 Å². The summed E-state index contributed by atoms with van der Waals surface area (Å²) in [5.74, 6) is 0. The Bertz CT molecular complexity index is 213. The second kappa shape index (κ2) is 6.45. The minimum atomic E-state index is 0.00736. The van der Waals surface area contributed by atoms with Crippen LogP contribution in [-0.2, 0) is 0 Å². The maximum atomic E-state index is 12.0. The molecule has 0 radical (unpaired) electrons. The van der Waals surface area contributed by atoms with Gasteiger partial charge in [0, 0.05) is 26.2 Å². The first-order valence-electron chi connectivity index (χ1n) is 5.55. The number of urea groups is 1. The largest absolute Gasteiger partial charge is 0.395 e. The molecule has 4 heteroatoms. The Morgan fingerprint density at radius 1 is 1.40 bits per heavy atom. The summed E-state index contributed by atoms with van der Waals surface area (Å²) in [4.78, 5) is 15.5. The summed E-state index contributed by atoms with van der Waals surface area (Å²) in [5, 5.41) is 8.86. The molecule has 1 aliphatic rings. The van der Waals surface area contributed by atoms with Gasteiger partial charge in [-0.1, -0.05) is 6.08 Å². The van der Waals surface area contributed by atoms with Gasteiger partial charge < -0.3 is 14.9 Å². The number of hydrogen-bond acceptors (Lipinski definition) is 2. The number of piperidine rings is 1. The van der Waals surface area contributed by atoms with Crippen LogP contribution in [0.25, 0.3) is 0 Å². The van der Waals surface area contributed by atoms with Crippen molar-refractivity contribution in [3.8, 4) is 0 Å². The van der Waals surface area contributed by atoms with Crippen molar-refractivity contribution in [1.82, 2.24) is 9.80 Å². The van der Waals surface area contributed by atoms with Gasteiger partial charge in [-0.15, -0.1) is 6.58 Å². The number of carbonyl (C=O) groups is 1. The zero-order valence-electron chi connectivity index (χ0n) is 9.19.